The van der Waals surface area contributed by atoms with Crippen LogP contribution in [-0.4, -0.2) is 80.9 Å². The Morgan fingerprint density at radius 2 is 1.81 bits per heavy atom. The number of alkyl halides is 1. The van der Waals surface area contributed by atoms with Crippen molar-refractivity contribution in [3.05, 3.63) is 78.4 Å². The van der Waals surface area contributed by atoms with Crippen LogP contribution < -0.4 is 14.5 Å². The number of likely N-dealkylation sites (tertiary alicyclic amines) is 1. The maximum absolute atomic E-state index is 15.1. The van der Waals surface area contributed by atoms with Gasteiger partial charge in [0, 0.05) is 28.9 Å². The summed E-state index contributed by atoms with van der Waals surface area (Å²) < 4.78 is 4.70. The molecule has 0 saturated carbocycles. The Bertz CT molecular complexity index is 1520. The van der Waals surface area contributed by atoms with Crippen LogP contribution >= 0.6 is 39.3 Å². The number of halogens is 2. The monoisotopic (exact) mass is 743 g/mol. The summed E-state index contributed by atoms with van der Waals surface area (Å²) in [7, 11) is 0. The lowest BCUT2D eigenvalue weighted by atomic mass is 9.70. The molecule has 252 valence electrons. The van der Waals surface area contributed by atoms with E-state index in [1.165, 1.54) is 0 Å². The summed E-state index contributed by atoms with van der Waals surface area (Å²) in [4.78, 5) is 49.4. The minimum absolute atomic E-state index is 0.117. The van der Waals surface area contributed by atoms with E-state index in [-0.39, 0.29) is 53.4 Å². The molecule has 1 spiro atoms. The number of aliphatic hydroxyl groups is 1. The number of nitrogens with zero attached hydrogens (tertiary/aromatic N) is 3. The van der Waals surface area contributed by atoms with Gasteiger partial charge in [-0.25, -0.2) is 0 Å². The SMILES string of the molecule is C=CCN(C(=O)[C@H]1[C@@H]2SC3(CC2Br)C(C(=O)N(CC=C)c2c(C)cccc2Cl)N([C@@H](CO)C(C)C)C(=O)[C@H]13)c1ccc(OCC)cc1. The van der Waals surface area contributed by atoms with Crippen LogP contribution in [0.15, 0.2) is 67.8 Å². The van der Waals surface area contributed by atoms with Crippen LogP contribution in [0.5, 0.6) is 5.75 Å². The summed E-state index contributed by atoms with van der Waals surface area (Å²) >= 11 is 12.2. The van der Waals surface area contributed by atoms with Crippen molar-refractivity contribution in [1.29, 1.82) is 0 Å². The second-order valence-electron chi connectivity index (χ2n) is 12.7. The second-order valence-corrected chi connectivity index (χ2v) is 15.8. The zero-order chi connectivity index (χ0) is 34.2. The maximum atomic E-state index is 15.1. The Hall–Kier alpha value is -2.79. The third-order valence-corrected chi connectivity index (χ3v) is 13.2. The number of carbonyl (C=O) groups is 3. The average Bonchev–Trinajstić information content (AvgIpc) is 3.63. The van der Waals surface area contributed by atoms with Gasteiger partial charge in [0.2, 0.25) is 11.8 Å². The van der Waals surface area contributed by atoms with Crippen LogP contribution in [0.25, 0.3) is 0 Å². The van der Waals surface area contributed by atoms with E-state index < -0.39 is 28.7 Å². The molecule has 11 heteroatoms. The molecule has 2 aromatic carbocycles. The molecule has 2 aromatic rings. The van der Waals surface area contributed by atoms with E-state index >= 15 is 4.79 Å². The van der Waals surface area contributed by atoms with Gasteiger partial charge in [0.1, 0.15) is 11.8 Å². The zero-order valence-electron chi connectivity index (χ0n) is 27.3. The molecule has 3 heterocycles. The van der Waals surface area contributed by atoms with Crippen molar-refractivity contribution in [2.75, 3.05) is 36.1 Å². The number of para-hydroxylation sites is 1. The van der Waals surface area contributed by atoms with E-state index in [1.807, 2.05) is 64.1 Å². The number of rotatable bonds is 13. The van der Waals surface area contributed by atoms with E-state index in [4.69, 9.17) is 16.3 Å². The molecule has 3 aliphatic rings. The Kier molecular flexibility index (Phi) is 10.9. The molecule has 3 amide bonds. The normalized spacial score (nSPS) is 26.7. The van der Waals surface area contributed by atoms with E-state index in [0.29, 0.717) is 35.2 Å². The maximum Gasteiger partial charge on any atom is 0.251 e. The molecule has 0 aliphatic carbocycles. The first-order chi connectivity index (χ1) is 22.5. The molecule has 3 saturated heterocycles. The lowest BCUT2D eigenvalue weighted by molar-refractivity contribution is -0.142. The fraction of sp³-hybridized carbons (Fsp3) is 0.472. The minimum atomic E-state index is -0.943. The van der Waals surface area contributed by atoms with Crippen molar-refractivity contribution in [2.24, 2.45) is 17.8 Å². The van der Waals surface area contributed by atoms with Gasteiger partial charge in [-0.1, -0.05) is 65.7 Å². The molecule has 3 fully saturated rings. The van der Waals surface area contributed by atoms with Gasteiger partial charge in [-0.15, -0.1) is 24.9 Å². The highest BCUT2D eigenvalue weighted by Crippen LogP contribution is 2.68. The minimum Gasteiger partial charge on any atom is -0.494 e. The molecule has 3 aliphatic heterocycles. The fourth-order valence-corrected chi connectivity index (χ4v) is 11.6. The average molecular weight is 745 g/mol. The van der Waals surface area contributed by atoms with Gasteiger partial charge in [-0.2, -0.15) is 0 Å². The number of carbonyl (C=O) groups excluding carboxylic acids is 3. The van der Waals surface area contributed by atoms with Crippen LogP contribution in [0.3, 0.4) is 0 Å². The van der Waals surface area contributed by atoms with Crippen molar-refractivity contribution >= 4 is 68.4 Å². The number of hydrogen-bond acceptors (Lipinski definition) is 6. The summed E-state index contributed by atoms with van der Waals surface area (Å²) in [5.74, 6) is -1.70. The van der Waals surface area contributed by atoms with Gasteiger partial charge >= 0.3 is 0 Å². The van der Waals surface area contributed by atoms with Crippen molar-refractivity contribution in [3.63, 3.8) is 0 Å². The Morgan fingerprint density at radius 1 is 1.15 bits per heavy atom. The molecule has 3 unspecified atom stereocenters. The number of thioether (sulfide) groups is 1. The topological polar surface area (TPSA) is 90.4 Å². The highest BCUT2D eigenvalue weighted by Gasteiger charge is 2.76. The molecule has 8 nitrogen and oxygen atoms in total. The molecular formula is C36H43BrClN3O5S. The number of aliphatic hydroxyl groups excluding tert-OH is 1. The summed E-state index contributed by atoms with van der Waals surface area (Å²) in [6.07, 6.45) is 3.83. The highest BCUT2D eigenvalue weighted by atomic mass is 79.9. The largest absolute Gasteiger partial charge is 0.494 e. The Labute approximate surface area is 295 Å². The first kappa shape index (κ1) is 35.5. The standard InChI is InChI=1S/C36H43BrClN3O5S/c1-7-17-39(23-13-15-24(16-14-23)46-9-3)33(43)28-29-34(44)41(27(20-42)21(4)5)32(36(29)19-25(37)31(28)47-36)35(45)40(18-8-2)30-22(6)11-10-12-26(30)38/h7-8,10-16,21,25,27-29,31-32,42H,1-2,9,17-20H2,3-6H3/t25?,27-,28+,29-,31+,32?,36?/m0/s1. The van der Waals surface area contributed by atoms with Crippen molar-refractivity contribution in [2.45, 2.75) is 61.0 Å². The van der Waals surface area contributed by atoms with Crippen molar-refractivity contribution in [1.82, 2.24) is 4.90 Å². The van der Waals surface area contributed by atoms with Crippen molar-refractivity contribution < 1.29 is 24.2 Å². The van der Waals surface area contributed by atoms with Crippen LogP contribution in [0.4, 0.5) is 11.4 Å². The molecular weight excluding hydrogens is 702 g/mol. The quantitative estimate of drug-likeness (QED) is 0.192. The first-order valence-corrected chi connectivity index (χ1v) is 18.2. The Morgan fingerprint density at radius 3 is 2.38 bits per heavy atom. The second kappa shape index (κ2) is 14.4. The number of anilines is 2. The van der Waals surface area contributed by atoms with Gasteiger partial charge < -0.3 is 24.5 Å². The van der Waals surface area contributed by atoms with Crippen molar-refractivity contribution in [3.8, 4) is 5.75 Å². The molecule has 5 rings (SSSR count). The number of aryl methyl sites for hydroxylation is 1. The first-order valence-electron chi connectivity index (χ1n) is 16.0. The predicted octanol–water partition coefficient (Wildman–Crippen LogP) is 6.27. The molecule has 0 aromatic heterocycles. The smallest absolute Gasteiger partial charge is 0.251 e. The highest BCUT2D eigenvalue weighted by molar-refractivity contribution is 9.09. The third kappa shape index (κ3) is 6.04. The van der Waals surface area contributed by atoms with Crippen LogP contribution in [0, 0.1) is 24.7 Å². The van der Waals surface area contributed by atoms with E-state index in [2.05, 4.69) is 29.1 Å². The number of benzene rings is 2. The molecule has 7 atom stereocenters. The van der Waals surface area contributed by atoms with E-state index in [0.717, 1.165) is 5.56 Å². The number of hydrogen-bond donors (Lipinski definition) is 1. The lowest BCUT2D eigenvalue weighted by Gasteiger charge is -2.41. The van der Waals surface area contributed by atoms with Crippen LogP contribution in [-0.2, 0) is 14.4 Å². The third-order valence-electron chi connectivity index (χ3n) is 9.63. The molecule has 1 N–H and O–H groups in total. The van der Waals surface area contributed by atoms with E-state index in [9.17, 15) is 14.7 Å². The molecule has 47 heavy (non-hydrogen) atoms. The van der Waals surface area contributed by atoms with Gasteiger partial charge in [-0.3, -0.25) is 14.4 Å². The number of amides is 3. The van der Waals surface area contributed by atoms with E-state index in [1.54, 1.807) is 44.7 Å². The van der Waals surface area contributed by atoms with Gasteiger partial charge in [0.25, 0.3) is 5.91 Å². The summed E-state index contributed by atoms with van der Waals surface area (Å²) in [6, 6.07) is 11.2. The van der Waals surface area contributed by atoms with Gasteiger partial charge in [-0.05, 0) is 62.1 Å². The molecule has 2 bridgehead atoms. The summed E-state index contributed by atoms with van der Waals surface area (Å²) in [5.41, 5.74) is 2.04. The van der Waals surface area contributed by atoms with Gasteiger partial charge in [0.15, 0.2) is 0 Å². The van der Waals surface area contributed by atoms with Gasteiger partial charge in [0.05, 0.1) is 46.5 Å². The number of fused-ring (bicyclic) bond motifs is 1. The zero-order valence-corrected chi connectivity index (χ0v) is 30.4. The Balaban J connectivity index is 1.63. The summed E-state index contributed by atoms with van der Waals surface area (Å²) in [6.45, 7) is 16.1. The predicted molar refractivity (Wildman–Crippen MR) is 194 cm³/mol. The number of ether oxygens (including phenoxy) is 1. The summed E-state index contributed by atoms with van der Waals surface area (Å²) in [5, 5.41) is 10.8. The van der Waals surface area contributed by atoms with Crippen LogP contribution in [0.1, 0.15) is 32.8 Å². The molecule has 0 radical (unpaired) electrons. The lowest BCUT2D eigenvalue weighted by Crippen LogP contribution is -2.59. The fourth-order valence-electron chi connectivity index (χ4n) is 7.66. The van der Waals surface area contributed by atoms with Crippen LogP contribution in [0.2, 0.25) is 5.02 Å².